The van der Waals surface area contributed by atoms with Crippen LogP contribution in [-0.4, -0.2) is 34.1 Å². The predicted molar refractivity (Wildman–Crippen MR) is 135 cm³/mol. The van der Waals surface area contributed by atoms with Gasteiger partial charge in [-0.1, -0.05) is 54.6 Å². The summed E-state index contributed by atoms with van der Waals surface area (Å²) in [6.45, 7) is 4.63. The van der Waals surface area contributed by atoms with Gasteiger partial charge in [0.25, 0.3) is 0 Å². The summed E-state index contributed by atoms with van der Waals surface area (Å²) in [7, 11) is 0. The van der Waals surface area contributed by atoms with Gasteiger partial charge in [-0.3, -0.25) is 4.79 Å². The fourth-order valence-electron chi connectivity index (χ4n) is 4.65. The molecule has 1 aliphatic carbocycles. The monoisotopic (exact) mass is 458 g/mol. The molecule has 2 aromatic carbocycles. The molecule has 1 heterocycles. The minimum Gasteiger partial charge on any atom is -0.387 e. The molecule has 34 heavy (non-hydrogen) atoms. The first-order valence-electron chi connectivity index (χ1n) is 11.9. The van der Waals surface area contributed by atoms with Crippen LogP contribution in [0.1, 0.15) is 47.8 Å². The number of hydrogen-bond donors (Lipinski definition) is 4. The smallest absolute Gasteiger partial charge is 0.224 e. The van der Waals surface area contributed by atoms with Crippen LogP contribution in [0.5, 0.6) is 0 Å². The van der Waals surface area contributed by atoms with Crippen molar-refractivity contribution in [1.82, 2.24) is 15.6 Å². The van der Waals surface area contributed by atoms with Gasteiger partial charge in [0.1, 0.15) is 5.82 Å². The fourth-order valence-corrected chi connectivity index (χ4v) is 4.65. The lowest BCUT2D eigenvalue weighted by Gasteiger charge is -2.28. The first-order chi connectivity index (χ1) is 16.3. The van der Waals surface area contributed by atoms with E-state index in [0.29, 0.717) is 18.8 Å². The van der Waals surface area contributed by atoms with Crippen molar-refractivity contribution in [2.24, 2.45) is 0 Å². The van der Waals surface area contributed by atoms with Crippen molar-refractivity contribution < 1.29 is 9.90 Å². The molecule has 0 radical (unpaired) electrons. The largest absolute Gasteiger partial charge is 0.387 e. The molecule has 1 aromatic heterocycles. The number of nitrogens with zero attached hydrogens (tertiary/aromatic N) is 1. The molecule has 178 valence electrons. The number of β-amino-alcohol motifs (C(OH)–C–C–N with tert-alkyl or cyclic N) is 1. The molecule has 1 amide bonds. The van der Waals surface area contributed by atoms with Gasteiger partial charge in [0.2, 0.25) is 5.91 Å². The Kier molecular flexibility index (Phi) is 7.29. The molecule has 5 N–H and O–H groups in total. The van der Waals surface area contributed by atoms with E-state index in [1.165, 1.54) is 11.1 Å². The van der Waals surface area contributed by atoms with E-state index in [4.69, 9.17) is 5.73 Å². The number of hydrogen-bond acceptors (Lipinski definition) is 5. The van der Waals surface area contributed by atoms with E-state index in [0.717, 1.165) is 36.0 Å². The highest BCUT2D eigenvalue weighted by Crippen LogP contribution is 2.22. The lowest BCUT2D eigenvalue weighted by atomic mass is 9.93. The summed E-state index contributed by atoms with van der Waals surface area (Å²) in [6.07, 6.45) is 3.89. The number of nitrogens with two attached hydrogens (primary N) is 1. The maximum atomic E-state index is 12.7. The van der Waals surface area contributed by atoms with Gasteiger partial charge in [-0.15, -0.1) is 0 Å². The zero-order chi connectivity index (χ0) is 24.1. The summed E-state index contributed by atoms with van der Waals surface area (Å²) in [5.74, 6) is 0.499. The summed E-state index contributed by atoms with van der Waals surface area (Å²) in [4.78, 5) is 16.7. The SMILES string of the molecule is CC(C)(Cc1cccc(CC(=O)NC2Cc3ccccc3C2)c1)NC[C@H](O)c1ccc(N)nc1. The first kappa shape index (κ1) is 23.9. The molecule has 0 saturated carbocycles. The van der Waals surface area contributed by atoms with Gasteiger partial charge in [-0.25, -0.2) is 4.98 Å². The van der Waals surface area contributed by atoms with Gasteiger partial charge in [-0.05, 0) is 61.4 Å². The van der Waals surface area contributed by atoms with Crippen LogP contribution < -0.4 is 16.4 Å². The summed E-state index contributed by atoms with van der Waals surface area (Å²) < 4.78 is 0. The zero-order valence-electron chi connectivity index (χ0n) is 19.9. The molecule has 0 aliphatic heterocycles. The van der Waals surface area contributed by atoms with E-state index in [1.807, 2.05) is 12.1 Å². The third kappa shape index (κ3) is 6.43. The number of carbonyl (C=O) groups is 1. The second kappa shape index (κ2) is 10.4. The Morgan fingerprint density at radius 3 is 2.47 bits per heavy atom. The molecule has 1 atom stereocenters. The average molecular weight is 459 g/mol. The molecule has 0 bridgehead atoms. The molecule has 4 rings (SSSR count). The molecular formula is C28H34N4O2. The lowest BCUT2D eigenvalue weighted by molar-refractivity contribution is -0.121. The fraction of sp³-hybridized carbons (Fsp3) is 0.357. The van der Waals surface area contributed by atoms with Crippen LogP contribution in [0, 0.1) is 0 Å². The topological polar surface area (TPSA) is 100 Å². The molecule has 3 aromatic rings. The number of nitrogens with one attached hydrogen (secondary N) is 2. The van der Waals surface area contributed by atoms with Crippen molar-refractivity contribution in [2.45, 2.75) is 57.2 Å². The van der Waals surface area contributed by atoms with E-state index in [1.54, 1.807) is 18.3 Å². The van der Waals surface area contributed by atoms with Crippen molar-refractivity contribution in [3.8, 4) is 0 Å². The number of aromatic nitrogens is 1. The number of aliphatic hydroxyl groups is 1. The zero-order valence-corrected chi connectivity index (χ0v) is 19.9. The van der Waals surface area contributed by atoms with Gasteiger partial charge in [-0.2, -0.15) is 0 Å². The van der Waals surface area contributed by atoms with Crippen molar-refractivity contribution >= 4 is 11.7 Å². The first-order valence-corrected chi connectivity index (χ1v) is 11.9. The number of pyridine rings is 1. The summed E-state index contributed by atoms with van der Waals surface area (Å²) in [5.41, 5.74) is 11.0. The third-order valence-electron chi connectivity index (χ3n) is 6.39. The van der Waals surface area contributed by atoms with Crippen LogP contribution in [0.3, 0.4) is 0 Å². The summed E-state index contributed by atoms with van der Waals surface area (Å²) >= 11 is 0. The number of benzene rings is 2. The van der Waals surface area contributed by atoms with E-state index in [9.17, 15) is 9.90 Å². The highest BCUT2D eigenvalue weighted by Gasteiger charge is 2.23. The van der Waals surface area contributed by atoms with Crippen LogP contribution in [-0.2, 0) is 30.5 Å². The number of nitrogen functional groups attached to an aromatic ring is 1. The maximum Gasteiger partial charge on any atom is 0.224 e. The second-order valence-corrected chi connectivity index (χ2v) is 9.91. The molecule has 0 fully saturated rings. The van der Waals surface area contributed by atoms with Crippen molar-refractivity contribution in [2.75, 3.05) is 12.3 Å². The van der Waals surface area contributed by atoms with E-state index in [2.05, 4.69) is 65.9 Å². The molecule has 6 heteroatoms. The Morgan fingerprint density at radius 2 is 1.79 bits per heavy atom. The Bertz CT molecular complexity index is 1100. The van der Waals surface area contributed by atoms with E-state index >= 15 is 0 Å². The highest BCUT2D eigenvalue weighted by molar-refractivity contribution is 5.79. The lowest BCUT2D eigenvalue weighted by Crippen LogP contribution is -2.43. The number of rotatable bonds is 9. The summed E-state index contributed by atoms with van der Waals surface area (Å²) in [5, 5.41) is 17.1. The normalized spacial score (nSPS) is 14.6. The maximum absolute atomic E-state index is 12.7. The van der Waals surface area contributed by atoms with Crippen molar-refractivity contribution in [3.63, 3.8) is 0 Å². The molecule has 0 saturated heterocycles. The van der Waals surface area contributed by atoms with Crippen LogP contribution in [0.15, 0.2) is 66.9 Å². The quantitative estimate of drug-likeness (QED) is 0.395. The standard InChI is InChI=1S/C28H34N4O2/c1-28(2,31-18-25(33)23-10-11-26(29)30-17-23)16-20-7-5-6-19(12-20)13-27(34)32-24-14-21-8-3-4-9-22(21)15-24/h3-12,17,24-25,31,33H,13-16,18H2,1-2H3,(H2,29,30)(H,32,34)/t25-/m0/s1. The third-order valence-corrected chi connectivity index (χ3v) is 6.39. The Hall–Kier alpha value is -3.22. The minimum atomic E-state index is -0.663. The van der Waals surface area contributed by atoms with Gasteiger partial charge < -0.3 is 21.5 Å². The molecule has 0 unspecified atom stereocenters. The van der Waals surface area contributed by atoms with Crippen LogP contribution >= 0.6 is 0 Å². The predicted octanol–water partition coefficient (Wildman–Crippen LogP) is 3.13. The number of anilines is 1. The molecule has 0 spiro atoms. The second-order valence-electron chi connectivity index (χ2n) is 9.91. The van der Waals surface area contributed by atoms with E-state index < -0.39 is 6.10 Å². The van der Waals surface area contributed by atoms with E-state index in [-0.39, 0.29) is 17.5 Å². The van der Waals surface area contributed by atoms with Crippen molar-refractivity contribution in [3.05, 3.63) is 94.7 Å². The van der Waals surface area contributed by atoms with Gasteiger partial charge in [0.15, 0.2) is 0 Å². The number of amides is 1. The molecular weight excluding hydrogens is 424 g/mol. The molecule has 6 nitrogen and oxygen atoms in total. The van der Waals surface area contributed by atoms with Crippen molar-refractivity contribution in [1.29, 1.82) is 0 Å². The Morgan fingerprint density at radius 1 is 1.09 bits per heavy atom. The number of fused-ring (bicyclic) bond motifs is 1. The Balaban J connectivity index is 1.28. The molecule has 1 aliphatic rings. The van der Waals surface area contributed by atoms with Crippen LogP contribution in [0.4, 0.5) is 5.82 Å². The van der Waals surface area contributed by atoms with Gasteiger partial charge in [0, 0.05) is 29.9 Å². The van der Waals surface area contributed by atoms with Crippen LogP contribution in [0.25, 0.3) is 0 Å². The van der Waals surface area contributed by atoms with Gasteiger partial charge in [0.05, 0.1) is 12.5 Å². The van der Waals surface area contributed by atoms with Gasteiger partial charge >= 0.3 is 0 Å². The average Bonchev–Trinajstić information content (AvgIpc) is 3.20. The van der Waals surface area contributed by atoms with Crippen LogP contribution in [0.2, 0.25) is 0 Å². The number of carbonyl (C=O) groups excluding carboxylic acids is 1. The highest BCUT2D eigenvalue weighted by atomic mass is 16.3. The minimum absolute atomic E-state index is 0.0626. The Labute approximate surface area is 201 Å². The summed E-state index contributed by atoms with van der Waals surface area (Å²) in [6, 6.07) is 20.3. The number of aliphatic hydroxyl groups excluding tert-OH is 1.